The molecule has 3 aromatic rings. The molecule has 0 bridgehead atoms. The van der Waals surface area contributed by atoms with Gasteiger partial charge in [0.05, 0.1) is 6.61 Å². The number of hydrogen-bond donors (Lipinski definition) is 1. The van der Waals surface area contributed by atoms with Gasteiger partial charge in [-0.3, -0.25) is 4.79 Å². The molecule has 1 aliphatic carbocycles. The zero-order valence-corrected chi connectivity index (χ0v) is 18.5. The Labute approximate surface area is 187 Å². The van der Waals surface area contributed by atoms with E-state index in [0.29, 0.717) is 54.0 Å². The number of benzene rings is 2. The Morgan fingerprint density at radius 3 is 2.87 bits per heavy atom. The monoisotopic (exact) mass is 441 g/mol. The number of halogens is 1. The van der Waals surface area contributed by atoms with Crippen molar-refractivity contribution >= 4 is 34.6 Å². The van der Waals surface area contributed by atoms with Gasteiger partial charge in [0.1, 0.15) is 5.52 Å². The highest BCUT2D eigenvalue weighted by Gasteiger charge is 2.27. The van der Waals surface area contributed by atoms with Crippen LogP contribution in [0.2, 0.25) is 5.02 Å². The molecule has 0 saturated heterocycles. The molecule has 1 amide bonds. The van der Waals surface area contributed by atoms with Crippen LogP contribution in [0.4, 0.5) is 6.01 Å². The molecule has 1 N–H and O–H groups in total. The number of fused-ring (bicyclic) bond motifs is 1. The number of carbonyl (C=O) groups is 1. The van der Waals surface area contributed by atoms with E-state index in [1.165, 1.54) is 12.8 Å². The number of ether oxygens (including phenoxy) is 1. The number of amides is 1. The quantitative estimate of drug-likeness (QED) is 0.443. The molecule has 164 valence electrons. The van der Waals surface area contributed by atoms with E-state index in [4.69, 9.17) is 20.8 Å². The summed E-state index contributed by atoms with van der Waals surface area (Å²) in [4.78, 5) is 19.8. The molecule has 0 spiro atoms. The summed E-state index contributed by atoms with van der Waals surface area (Å²) >= 11 is 6.04. The predicted octanol–water partition coefficient (Wildman–Crippen LogP) is 5.51. The Morgan fingerprint density at radius 1 is 1.26 bits per heavy atom. The highest BCUT2D eigenvalue weighted by molar-refractivity contribution is 6.30. The van der Waals surface area contributed by atoms with E-state index in [1.807, 2.05) is 54.3 Å². The minimum Gasteiger partial charge on any atom is -0.424 e. The van der Waals surface area contributed by atoms with Crippen LogP contribution < -0.4 is 5.32 Å². The van der Waals surface area contributed by atoms with Crippen molar-refractivity contribution in [2.24, 2.45) is 0 Å². The van der Waals surface area contributed by atoms with Gasteiger partial charge in [-0.25, -0.2) is 0 Å². The molecule has 1 saturated carbocycles. The average Bonchev–Trinajstić information content (AvgIpc) is 3.44. The number of rotatable bonds is 9. The van der Waals surface area contributed by atoms with Gasteiger partial charge in [0.25, 0.3) is 11.9 Å². The maximum absolute atomic E-state index is 13.3. The number of hydrogen-bond acceptors (Lipinski definition) is 5. The number of nitrogens with one attached hydrogen (secondary N) is 1. The lowest BCUT2D eigenvalue weighted by molar-refractivity contribution is 0.0563. The van der Waals surface area contributed by atoms with E-state index in [0.717, 1.165) is 18.4 Å². The number of oxazole rings is 1. The standard InChI is InChI=1S/C24H28ClN3O3/c1-2-30-13-12-28(20-8-3-4-9-20)23(29)18-10-11-22-21(15-18)27-24(31-22)26-16-17-6-5-7-19(25)14-17/h5-7,10-11,14-15,20H,2-4,8-9,12-13,16H2,1H3,(H,26,27). The second-order valence-corrected chi connectivity index (χ2v) is 8.26. The number of carbonyl (C=O) groups excluding carboxylic acids is 1. The molecule has 1 fully saturated rings. The molecule has 7 heteroatoms. The molecule has 0 atom stereocenters. The summed E-state index contributed by atoms with van der Waals surface area (Å²) in [5, 5.41) is 3.87. The van der Waals surface area contributed by atoms with Crippen molar-refractivity contribution in [3.05, 3.63) is 58.6 Å². The van der Waals surface area contributed by atoms with Gasteiger partial charge in [0.15, 0.2) is 5.58 Å². The van der Waals surface area contributed by atoms with E-state index in [-0.39, 0.29) is 11.9 Å². The van der Waals surface area contributed by atoms with E-state index >= 15 is 0 Å². The summed E-state index contributed by atoms with van der Waals surface area (Å²) in [5.74, 6) is 0.0324. The molecule has 0 radical (unpaired) electrons. The zero-order chi connectivity index (χ0) is 21.6. The first-order valence-corrected chi connectivity index (χ1v) is 11.3. The van der Waals surface area contributed by atoms with Crippen LogP contribution in [0.15, 0.2) is 46.9 Å². The number of anilines is 1. The maximum Gasteiger partial charge on any atom is 0.295 e. The van der Waals surface area contributed by atoms with Gasteiger partial charge in [-0.05, 0) is 55.7 Å². The van der Waals surface area contributed by atoms with E-state index in [9.17, 15) is 4.79 Å². The van der Waals surface area contributed by atoms with Crippen LogP contribution in [0.5, 0.6) is 0 Å². The normalized spacial score (nSPS) is 14.3. The van der Waals surface area contributed by atoms with Crippen molar-refractivity contribution in [3.63, 3.8) is 0 Å². The fourth-order valence-corrected chi connectivity index (χ4v) is 4.31. The van der Waals surface area contributed by atoms with Crippen molar-refractivity contribution in [1.82, 2.24) is 9.88 Å². The molecule has 6 nitrogen and oxygen atoms in total. The third-order valence-electron chi connectivity index (χ3n) is 5.67. The highest BCUT2D eigenvalue weighted by atomic mass is 35.5. The van der Waals surface area contributed by atoms with Gasteiger partial charge >= 0.3 is 0 Å². The highest BCUT2D eigenvalue weighted by Crippen LogP contribution is 2.26. The van der Waals surface area contributed by atoms with E-state index in [1.54, 1.807) is 0 Å². The Morgan fingerprint density at radius 2 is 2.10 bits per heavy atom. The van der Waals surface area contributed by atoms with Gasteiger partial charge in [-0.15, -0.1) is 0 Å². The van der Waals surface area contributed by atoms with E-state index in [2.05, 4.69) is 10.3 Å². The van der Waals surface area contributed by atoms with Gasteiger partial charge in [0, 0.05) is 36.3 Å². The summed E-state index contributed by atoms with van der Waals surface area (Å²) < 4.78 is 11.3. The van der Waals surface area contributed by atoms with Crippen molar-refractivity contribution in [3.8, 4) is 0 Å². The van der Waals surface area contributed by atoms with Crippen molar-refractivity contribution in [2.75, 3.05) is 25.1 Å². The third kappa shape index (κ3) is 5.38. The molecular formula is C24H28ClN3O3. The number of nitrogens with zero attached hydrogens (tertiary/aromatic N) is 2. The van der Waals surface area contributed by atoms with Crippen LogP contribution in [-0.2, 0) is 11.3 Å². The summed E-state index contributed by atoms with van der Waals surface area (Å²) in [7, 11) is 0. The molecule has 0 aliphatic heterocycles. The van der Waals surface area contributed by atoms with Gasteiger partial charge < -0.3 is 19.4 Å². The molecule has 1 aromatic heterocycles. The second kappa shape index (κ2) is 10.2. The van der Waals surface area contributed by atoms with E-state index < -0.39 is 0 Å². The second-order valence-electron chi connectivity index (χ2n) is 7.82. The smallest absolute Gasteiger partial charge is 0.295 e. The number of aromatic nitrogens is 1. The predicted molar refractivity (Wildman–Crippen MR) is 123 cm³/mol. The molecule has 4 rings (SSSR count). The fourth-order valence-electron chi connectivity index (χ4n) is 4.10. The fraction of sp³-hybridized carbons (Fsp3) is 0.417. The summed E-state index contributed by atoms with van der Waals surface area (Å²) in [5.41, 5.74) is 2.97. The van der Waals surface area contributed by atoms with Gasteiger partial charge in [-0.2, -0.15) is 4.98 Å². The molecule has 2 aromatic carbocycles. The molecule has 1 aliphatic rings. The molecular weight excluding hydrogens is 414 g/mol. The topological polar surface area (TPSA) is 67.6 Å². The summed E-state index contributed by atoms with van der Waals surface area (Å²) in [6.07, 6.45) is 4.46. The van der Waals surface area contributed by atoms with Crippen LogP contribution in [0.25, 0.3) is 11.1 Å². The lowest BCUT2D eigenvalue weighted by Crippen LogP contribution is -2.41. The first kappa shape index (κ1) is 21.7. The van der Waals surface area contributed by atoms with Crippen LogP contribution in [0.3, 0.4) is 0 Å². The van der Waals surface area contributed by atoms with Crippen LogP contribution in [0, 0.1) is 0 Å². The van der Waals surface area contributed by atoms with Crippen molar-refractivity contribution in [2.45, 2.75) is 45.2 Å². The maximum atomic E-state index is 13.3. The summed E-state index contributed by atoms with van der Waals surface area (Å²) in [6.45, 7) is 4.34. The molecule has 0 unspecified atom stereocenters. The minimum atomic E-state index is 0.0324. The lowest BCUT2D eigenvalue weighted by Gasteiger charge is -2.29. The van der Waals surface area contributed by atoms with Crippen LogP contribution >= 0.6 is 11.6 Å². The van der Waals surface area contributed by atoms with Crippen LogP contribution in [-0.4, -0.2) is 41.6 Å². The average molecular weight is 442 g/mol. The third-order valence-corrected chi connectivity index (χ3v) is 5.91. The van der Waals surface area contributed by atoms with Gasteiger partial charge in [0.2, 0.25) is 0 Å². The molecule has 1 heterocycles. The Hall–Kier alpha value is -2.57. The Kier molecular flexibility index (Phi) is 7.10. The first-order valence-electron chi connectivity index (χ1n) is 10.9. The minimum absolute atomic E-state index is 0.0324. The SMILES string of the molecule is CCOCCN(C(=O)c1ccc2oc(NCc3cccc(Cl)c3)nc2c1)C1CCCC1. The first-order chi connectivity index (χ1) is 15.1. The zero-order valence-electron chi connectivity index (χ0n) is 17.8. The Bertz CT molecular complexity index is 1030. The van der Waals surface area contributed by atoms with Crippen molar-refractivity contribution in [1.29, 1.82) is 0 Å². The Balaban J connectivity index is 1.48. The lowest BCUT2D eigenvalue weighted by atomic mass is 10.1. The molecule has 31 heavy (non-hydrogen) atoms. The van der Waals surface area contributed by atoms with Crippen molar-refractivity contribution < 1.29 is 13.9 Å². The summed E-state index contributed by atoms with van der Waals surface area (Å²) in [6, 6.07) is 13.8. The van der Waals surface area contributed by atoms with Gasteiger partial charge in [-0.1, -0.05) is 36.6 Å². The van der Waals surface area contributed by atoms with Crippen LogP contribution in [0.1, 0.15) is 48.5 Å². The largest absolute Gasteiger partial charge is 0.424 e.